The highest BCUT2D eigenvalue weighted by atomic mass is 16.3. The Hall–Kier alpha value is -1.50. The van der Waals surface area contributed by atoms with Gasteiger partial charge in [0.05, 0.1) is 0 Å². The van der Waals surface area contributed by atoms with Crippen molar-refractivity contribution in [2.45, 2.75) is 39.0 Å². The average molecular weight is 230 g/mol. The number of hydrogen-bond acceptors (Lipinski definition) is 1. The fraction of sp³-hybridized carbons (Fsp3) is 0.375. The van der Waals surface area contributed by atoms with Crippen LogP contribution in [0.1, 0.15) is 37.5 Å². The minimum Gasteiger partial charge on any atom is -0.508 e. The van der Waals surface area contributed by atoms with Gasteiger partial charge in [0, 0.05) is 0 Å². The van der Waals surface area contributed by atoms with Gasteiger partial charge in [0.2, 0.25) is 0 Å². The van der Waals surface area contributed by atoms with Crippen LogP contribution in [-0.4, -0.2) is 5.11 Å². The maximum Gasteiger partial charge on any atom is 0.119 e. The molecule has 0 saturated carbocycles. The molecule has 0 saturated heterocycles. The zero-order valence-corrected chi connectivity index (χ0v) is 11.1. The van der Waals surface area contributed by atoms with Crippen LogP contribution >= 0.6 is 0 Å². The first-order chi connectivity index (χ1) is 7.90. The van der Waals surface area contributed by atoms with Gasteiger partial charge in [-0.1, -0.05) is 39.0 Å². The SMILES string of the molecule is C=CCc1cc(C(C)(C)C)c(CC=C)cc1O. The van der Waals surface area contributed by atoms with E-state index in [-0.39, 0.29) is 5.41 Å². The van der Waals surface area contributed by atoms with E-state index >= 15 is 0 Å². The van der Waals surface area contributed by atoms with Crippen LogP contribution in [0, 0.1) is 0 Å². The Balaban J connectivity index is 3.36. The second-order valence-corrected chi connectivity index (χ2v) is 5.37. The lowest BCUT2D eigenvalue weighted by Gasteiger charge is -2.24. The van der Waals surface area contributed by atoms with E-state index in [1.165, 1.54) is 5.56 Å². The van der Waals surface area contributed by atoms with Crippen LogP contribution in [0.3, 0.4) is 0 Å². The van der Waals surface area contributed by atoms with E-state index in [2.05, 4.69) is 40.0 Å². The first-order valence-corrected chi connectivity index (χ1v) is 5.97. The predicted molar refractivity (Wildman–Crippen MR) is 74.6 cm³/mol. The molecule has 0 spiro atoms. The van der Waals surface area contributed by atoms with E-state index in [9.17, 15) is 5.11 Å². The Morgan fingerprint density at radius 3 is 2.06 bits per heavy atom. The lowest BCUT2D eigenvalue weighted by atomic mass is 9.81. The maximum absolute atomic E-state index is 9.96. The largest absolute Gasteiger partial charge is 0.508 e. The van der Waals surface area contributed by atoms with Crippen molar-refractivity contribution in [1.82, 2.24) is 0 Å². The summed E-state index contributed by atoms with van der Waals surface area (Å²) in [5.74, 6) is 0.356. The molecule has 0 amide bonds. The molecule has 1 aromatic carbocycles. The summed E-state index contributed by atoms with van der Waals surface area (Å²) < 4.78 is 0. The van der Waals surface area contributed by atoms with Gasteiger partial charge < -0.3 is 5.11 Å². The first kappa shape index (κ1) is 13.6. The summed E-state index contributed by atoms with van der Waals surface area (Å²) >= 11 is 0. The molecule has 1 heteroatoms. The molecule has 0 aliphatic heterocycles. The molecule has 0 unspecified atom stereocenters. The first-order valence-electron chi connectivity index (χ1n) is 5.97. The van der Waals surface area contributed by atoms with Gasteiger partial charge >= 0.3 is 0 Å². The zero-order chi connectivity index (χ0) is 13.1. The van der Waals surface area contributed by atoms with Gasteiger partial charge in [-0.05, 0) is 41.0 Å². The Bertz CT molecular complexity index is 422. The topological polar surface area (TPSA) is 20.2 Å². The highest BCUT2D eigenvalue weighted by molar-refractivity contribution is 5.46. The van der Waals surface area contributed by atoms with E-state index in [1.54, 1.807) is 0 Å². The molecule has 0 aliphatic carbocycles. The summed E-state index contributed by atoms with van der Waals surface area (Å²) in [7, 11) is 0. The summed E-state index contributed by atoms with van der Waals surface area (Å²) in [6, 6.07) is 3.96. The van der Waals surface area contributed by atoms with E-state index in [0.29, 0.717) is 12.2 Å². The van der Waals surface area contributed by atoms with Crippen molar-refractivity contribution in [2.24, 2.45) is 0 Å². The molecule has 0 bridgehead atoms. The van der Waals surface area contributed by atoms with Crippen molar-refractivity contribution < 1.29 is 5.11 Å². The van der Waals surface area contributed by atoms with E-state index in [4.69, 9.17) is 0 Å². The molecule has 17 heavy (non-hydrogen) atoms. The Kier molecular flexibility index (Phi) is 4.17. The highest BCUT2D eigenvalue weighted by Crippen LogP contribution is 2.32. The van der Waals surface area contributed by atoms with Crippen LogP contribution in [0.4, 0.5) is 0 Å². The molecule has 92 valence electrons. The number of phenols is 1. The fourth-order valence-corrected chi connectivity index (χ4v) is 2.02. The van der Waals surface area contributed by atoms with Gasteiger partial charge in [-0.2, -0.15) is 0 Å². The van der Waals surface area contributed by atoms with Crippen LogP contribution in [0.5, 0.6) is 5.75 Å². The van der Waals surface area contributed by atoms with Crippen molar-refractivity contribution in [3.05, 3.63) is 54.1 Å². The lowest BCUT2D eigenvalue weighted by Crippen LogP contribution is -2.14. The zero-order valence-electron chi connectivity index (χ0n) is 11.1. The van der Waals surface area contributed by atoms with Gasteiger partial charge in [-0.3, -0.25) is 0 Å². The number of aromatic hydroxyl groups is 1. The van der Waals surface area contributed by atoms with Gasteiger partial charge in [0.1, 0.15) is 5.75 Å². The standard InChI is InChI=1S/C16H22O/c1-6-8-12-11-15(17)13(9-7-2)10-14(12)16(3,4)5/h6-7,10-11,17H,1-2,8-9H2,3-5H3. The molecule has 1 nitrogen and oxygen atoms in total. The van der Waals surface area contributed by atoms with Gasteiger partial charge in [-0.25, -0.2) is 0 Å². The summed E-state index contributed by atoms with van der Waals surface area (Å²) in [4.78, 5) is 0. The van der Waals surface area contributed by atoms with Crippen LogP contribution in [0.25, 0.3) is 0 Å². The Morgan fingerprint density at radius 1 is 1.06 bits per heavy atom. The van der Waals surface area contributed by atoms with E-state index in [1.807, 2.05) is 18.2 Å². The summed E-state index contributed by atoms with van der Waals surface area (Å²) in [5.41, 5.74) is 3.43. The smallest absolute Gasteiger partial charge is 0.119 e. The molecule has 0 aliphatic rings. The normalized spacial score (nSPS) is 11.2. The van der Waals surface area contributed by atoms with Crippen LogP contribution < -0.4 is 0 Å². The third kappa shape index (κ3) is 3.23. The van der Waals surface area contributed by atoms with Crippen molar-refractivity contribution in [2.75, 3.05) is 0 Å². The third-order valence-corrected chi connectivity index (χ3v) is 2.84. The molecule has 1 rings (SSSR count). The molecule has 0 aromatic heterocycles. The number of phenolic OH excluding ortho intramolecular Hbond substituents is 1. The molecule has 1 N–H and O–H groups in total. The minimum absolute atomic E-state index is 0.0714. The molecule has 0 atom stereocenters. The van der Waals surface area contributed by atoms with Crippen molar-refractivity contribution in [3.8, 4) is 5.75 Å². The maximum atomic E-state index is 9.96. The van der Waals surface area contributed by atoms with Gasteiger partial charge in [0.15, 0.2) is 0 Å². The van der Waals surface area contributed by atoms with Gasteiger partial charge in [0.25, 0.3) is 0 Å². The highest BCUT2D eigenvalue weighted by Gasteiger charge is 2.19. The third-order valence-electron chi connectivity index (χ3n) is 2.84. The fourth-order valence-electron chi connectivity index (χ4n) is 2.02. The minimum atomic E-state index is 0.0714. The number of rotatable bonds is 4. The summed E-state index contributed by atoms with van der Waals surface area (Å²) in [5, 5.41) is 9.96. The van der Waals surface area contributed by atoms with Crippen molar-refractivity contribution in [3.63, 3.8) is 0 Å². The lowest BCUT2D eigenvalue weighted by molar-refractivity contribution is 0.467. The average Bonchev–Trinajstić information content (AvgIpc) is 2.20. The summed E-state index contributed by atoms with van der Waals surface area (Å²) in [6.07, 6.45) is 5.17. The van der Waals surface area contributed by atoms with Crippen LogP contribution in [0.15, 0.2) is 37.4 Å². The Labute approximate surface area is 104 Å². The quantitative estimate of drug-likeness (QED) is 0.770. The second kappa shape index (κ2) is 5.22. The molecule has 1 aromatic rings. The van der Waals surface area contributed by atoms with Gasteiger partial charge in [-0.15, -0.1) is 13.2 Å². The molecular formula is C16H22O. The monoisotopic (exact) mass is 230 g/mol. The van der Waals surface area contributed by atoms with Crippen molar-refractivity contribution >= 4 is 0 Å². The summed E-state index contributed by atoms with van der Waals surface area (Å²) in [6.45, 7) is 14.0. The number of benzene rings is 1. The van der Waals surface area contributed by atoms with Crippen LogP contribution in [-0.2, 0) is 18.3 Å². The number of allylic oxidation sites excluding steroid dienone is 2. The molecule has 0 heterocycles. The second-order valence-electron chi connectivity index (χ2n) is 5.37. The van der Waals surface area contributed by atoms with E-state index < -0.39 is 0 Å². The van der Waals surface area contributed by atoms with E-state index in [0.717, 1.165) is 17.5 Å². The Morgan fingerprint density at radius 2 is 1.59 bits per heavy atom. The van der Waals surface area contributed by atoms with Crippen molar-refractivity contribution in [1.29, 1.82) is 0 Å². The number of hydrogen-bond donors (Lipinski definition) is 1. The molecular weight excluding hydrogens is 208 g/mol. The predicted octanol–water partition coefficient (Wildman–Crippen LogP) is 4.15. The van der Waals surface area contributed by atoms with Crippen LogP contribution in [0.2, 0.25) is 0 Å². The molecule has 0 fully saturated rings. The molecule has 0 radical (unpaired) electrons.